The summed E-state index contributed by atoms with van der Waals surface area (Å²) in [7, 11) is 0. The number of hydrogen-bond donors (Lipinski definition) is 2. The van der Waals surface area contributed by atoms with E-state index in [0.29, 0.717) is 12.4 Å². The van der Waals surface area contributed by atoms with Gasteiger partial charge in [0, 0.05) is 11.1 Å². The lowest BCUT2D eigenvalue weighted by Gasteiger charge is -2.14. The minimum atomic E-state index is 0.564. The lowest BCUT2D eigenvalue weighted by Crippen LogP contribution is -1.99. The molecule has 0 atom stereocenters. The third-order valence-corrected chi connectivity index (χ3v) is 2.92. The van der Waals surface area contributed by atoms with E-state index in [1.165, 1.54) is 5.56 Å². The highest BCUT2D eigenvalue weighted by Crippen LogP contribution is 2.36. The SMILES string of the molecule is CCOc1c(-c2cn[nH]c2N)ccc(C)c1C. The number of nitrogens with two attached hydrogens (primary N) is 1. The third kappa shape index (κ3) is 1.98. The van der Waals surface area contributed by atoms with Crippen LogP contribution in [-0.2, 0) is 0 Å². The van der Waals surface area contributed by atoms with Crippen molar-refractivity contribution in [3.63, 3.8) is 0 Å². The summed E-state index contributed by atoms with van der Waals surface area (Å²) in [6, 6.07) is 4.09. The van der Waals surface area contributed by atoms with Crippen LogP contribution in [0.4, 0.5) is 5.82 Å². The number of aromatic nitrogens is 2. The van der Waals surface area contributed by atoms with Crippen LogP contribution >= 0.6 is 0 Å². The molecule has 1 aromatic carbocycles. The molecule has 3 N–H and O–H groups in total. The summed E-state index contributed by atoms with van der Waals surface area (Å²) in [5.41, 5.74) is 10.1. The number of H-pyrrole nitrogens is 1. The molecule has 0 saturated carbocycles. The number of anilines is 1. The number of hydrogen-bond acceptors (Lipinski definition) is 3. The van der Waals surface area contributed by atoms with Crippen molar-refractivity contribution < 1.29 is 4.74 Å². The van der Waals surface area contributed by atoms with E-state index < -0.39 is 0 Å². The van der Waals surface area contributed by atoms with Gasteiger partial charge in [0.25, 0.3) is 0 Å². The van der Waals surface area contributed by atoms with Gasteiger partial charge in [-0.2, -0.15) is 5.10 Å². The lowest BCUT2D eigenvalue weighted by molar-refractivity contribution is 0.339. The molecule has 2 rings (SSSR count). The summed E-state index contributed by atoms with van der Waals surface area (Å²) in [5.74, 6) is 1.45. The Morgan fingerprint density at radius 2 is 2.06 bits per heavy atom. The predicted molar refractivity (Wildman–Crippen MR) is 69.1 cm³/mol. The van der Waals surface area contributed by atoms with E-state index in [1.54, 1.807) is 6.20 Å². The van der Waals surface area contributed by atoms with Crippen LogP contribution in [0.5, 0.6) is 5.75 Å². The van der Waals surface area contributed by atoms with Gasteiger partial charge in [0.05, 0.1) is 12.8 Å². The van der Waals surface area contributed by atoms with Crippen molar-refractivity contribution in [3.8, 4) is 16.9 Å². The normalized spacial score (nSPS) is 10.5. The quantitative estimate of drug-likeness (QED) is 0.853. The minimum absolute atomic E-state index is 0.564. The van der Waals surface area contributed by atoms with Crippen LogP contribution in [0, 0.1) is 13.8 Å². The molecule has 0 bridgehead atoms. The first-order valence-electron chi connectivity index (χ1n) is 5.67. The van der Waals surface area contributed by atoms with Gasteiger partial charge in [-0.3, -0.25) is 5.10 Å². The Balaban J connectivity index is 2.61. The third-order valence-electron chi connectivity index (χ3n) is 2.92. The summed E-state index contributed by atoms with van der Waals surface area (Å²) in [5, 5.41) is 6.69. The van der Waals surface area contributed by atoms with Crippen LogP contribution in [0.3, 0.4) is 0 Å². The smallest absolute Gasteiger partial charge is 0.130 e. The van der Waals surface area contributed by atoms with Gasteiger partial charge < -0.3 is 10.5 Å². The van der Waals surface area contributed by atoms with Crippen LogP contribution in [0.2, 0.25) is 0 Å². The highest BCUT2D eigenvalue weighted by Gasteiger charge is 2.14. The molecule has 0 spiro atoms. The van der Waals surface area contributed by atoms with E-state index in [2.05, 4.69) is 30.1 Å². The average Bonchev–Trinajstić information content (AvgIpc) is 2.72. The molecule has 0 radical (unpaired) electrons. The zero-order chi connectivity index (χ0) is 12.4. The number of ether oxygens (including phenoxy) is 1. The molecule has 17 heavy (non-hydrogen) atoms. The zero-order valence-electron chi connectivity index (χ0n) is 10.4. The van der Waals surface area contributed by atoms with E-state index in [4.69, 9.17) is 10.5 Å². The number of benzene rings is 1. The van der Waals surface area contributed by atoms with Crippen LogP contribution in [0.15, 0.2) is 18.3 Å². The molecule has 0 unspecified atom stereocenters. The van der Waals surface area contributed by atoms with Crippen LogP contribution in [0.1, 0.15) is 18.1 Å². The average molecular weight is 231 g/mol. The molecule has 0 aliphatic carbocycles. The fraction of sp³-hybridized carbons (Fsp3) is 0.308. The van der Waals surface area contributed by atoms with Gasteiger partial charge in [-0.15, -0.1) is 0 Å². The predicted octanol–water partition coefficient (Wildman–Crippen LogP) is 2.67. The molecule has 4 nitrogen and oxygen atoms in total. The summed E-state index contributed by atoms with van der Waals surface area (Å²) in [6.45, 7) is 6.74. The summed E-state index contributed by atoms with van der Waals surface area (Å²) >= 11 is 0. The number of rotatable bonds is 3. The maximum atomic E-state index is 5.85. The zero-order valence-corrected chi connectivity index (χ0v) is 10.4. The molecule has 2 aromatic rings. The Hall–Kier alpha value is -1.97. The Morgan fingerprint density at radius 1 is 1.29 bits per heavy atom. The maximum Gasteiger partial charge on any atom is 0.130 e. The summed E-state index contributed by atoms with van der Waals surface area (Å²) in [4.78, 5) is 0. The highest BCUT2D eigenvalue weighted by molar-refractivity contribution is 5.79. The second kappa shape index (κ2) is 4.49. The Kier molecular flexibility index (Phi) is 3.04. The Bertz CT molecular complexity index is 531. The molecule has 0 aliphatic heterocycles. The molecule has 1 aromatic heterocycles. The van der Waals surface area contributed by atoms with E-state index >= 15 is 0 Å². The first-order chi connectivity index (χ1) is 8.15. The molecule has 0 fully saturated rings. The number of aromatic amines is 1. The molecule has 1 heterocycles. The number of nitrogens with zero attached hydrogens (tertiary/aromatic N) is 1. The fourth-order valence-electron chi connectivity index (χ4n) is 1.84. The first kappa shape index (κ1) is 11.5. The van der Waals surface area contributed by atoms with Crippen molar-refractivity contribution in [3.05, 3.63) is 29.5 Å². The molecule has 0 saturated heterocycles. The molecular formula is C13H17N3O. The Morgan fingerprint density at radius 3 is 2.65 bits per heavy atom. The van der Waals surface area contributed by atoms with Gasteiger partial charge in [-0.25, -0.2) is 0 Å². The first-order valence-corrected chi connectivity index (χ1v) is 5.67. The van der Waals surface area contributed by atoms with E-state index in [9.17, 15) is 0 Å². The summed E-state index contributed by atoms with van der Waals surface area (Å²) in [6.07, 6.45) is 1.72. The van der Waals surface area contributed by atoms with Gasteiger partial charge in [0.15, 0.2) is 0 Å². The number of aryl methyl sites for hydroxylation is 1. The monoisotopic (exact) mass is 231 g/mol. The van der Waals surface area contributed by atoms with Gasteiger partial charge in [-0.1, -0.05) is 12.1 Å². The fourth-order valence-corrected chi connectivity index (χ4v) is 1.84. The van der Waals surface area contributed by atoms with Crippen LogP contribution in [0.25, 0.3) is 11.1 Å². The molecule has 4 heteroatoms. The van der Waals surface area contributed by atoms with Crippen molar-refractivity contribution in [2.24, 2.45) is 0 Å². The Labute approximate surface area is 101 Å². The molecule has 0 amide bonds. The minimum Gasteiger partial charge on any atom is -0.493 e. The molecule has 0 aliphatic rings. The van der Waals surface area contributed by atoms with Crippen molar-refractivity contribution in [2.75, 3.05) is 12.3 Å². The lowest BCUT2D eigenvalue weighted by atomic mass is 10.0. The topological polar surface area (TPSA) is 63.9 Å². The van der Waals surface area contributed by atoms with Crippen molar-refractivity contribution in [1.29, 1.82) is 0 Å². The van der Waals surface area contributed by atoms with Gasteiger partial charge >= 0.3 is 0 Å². The summed E-state index contributed by atoms with van der Waals surface area (Å²) < 4.78 is 5.73. The van der Waals surface area contributed by atoms with Gasteiger partial charge in [0.2, 0.25) is 0 Å². The van der Waals surface area contributed by atoms with Crippen LogP contribution < -0.4 is 10.5 Å². The number of nitrogens with one attached hydrogen (secondary N) is 1. The molecule has 90 valence electrons. The standard InChI is InChI=1S/C13H17N3O/c1-4-17-12-9(3)8(2)5-6-10(12)11-7-15-16-13(11)14/h5-7H,4H2,1-3H3,(H3,14,15,16). The second-order valence-electron chi connectivity index (χ2n) is 4.01. The van der Waals surface area contributed by atoms with Crippen LogP contribution in [-0.4, -0.2) is 16.8 Å². The van der Waals surface area contributed by atoms with E-state index in [0.717, 1.165) is 22.4 Å². The van der Waals surface area contributed by atoms with E-state index in [1.807, 2.05) is 13.0 Å². The van der Waals surface area contributed by atoms with Gasteiger partial charge in [-0.05, 0) is 31.9 Å². The van der Waals surface area contributed by atoms with Gasteiger partial charge in [0.1, 0.15) is 11.6 Å². The van der Waals surface area contributed by atoms with E-state index in [-0.39, 0.29) is 0 Å². The second-order valence-corrected chi connectivity index (χ2v) is 4.01. The van der Waals surface area contributed by atoms with Crippen molar-refractivity contribution in [2.45, 2.75) is 20.8 Å². The largest absolute Gasteiger partial charge is 0.493 e. The van der Waals surface area contributed by atoms with Crippen molar-refractivity contribution >= 4 is 5.82 Å². The maximum absolute atomic E-state index is 5.85. The van der Waals surface area contributed by atoms with Crippen molar-refractivity contribution in [1.82, 2.24) is 10.2 Å². The molecular weight excluding hydrogens is 214 g/mol. The highest BCUT2D eigenvalue weighted by atomic mass is 16.5. The number of nitrogen functional groups attached to an aromatic ring is 1.